The Morgan fingerprint density at radius 3 is 2.54 bits per heavy atom. The van der Waals surface area contributed by atoms with Gasteiger partial charge in [-0.15, -0.1) is 0 Å². The molecule has 1 rings (SSSR count). The second kappa shape index (κ2) is 4.07. The fourth-order valence-electron chi connectivity index (χ4n) is 1.38. The molecule has 76 valence electrons. The van der Waals surface area contributed by atoms with E-state index in [4.69, 9.17) is 5.73 Å². The van der Waals surface area contributed by atoms with Crippen LogP contribution in [0, 0.1) is 0 Å². The lowest BCUT2D eigenvalue weighted by molar-refractivity contribution is -0.137. The molecule has 1 atom stereocenters. The quantitative estimate of drug-likeness (QED) is 0.612. The SMILES string of the molecule is CCC(C)(N)C(=O)N1CCNCC1. The number of carbonyl (C=O) groups excluding carboxylic acids is 1. The molecule has 0 spiro atoms. The summed E-state index contributed by atoms with van der Waals surface area (Å²) in [5, 5.41) is 3.20. The predicted octanol–water partition coefficient (Wildman–Crippen LogP) is -0.454. The highest BCUT2D eigenvalue weighted by molar-refractivity contribution is 5.85. The minimum absolute atomic E-state index is 0.0801. The summed E-state index contributed by atoms with van der Waals surface area (Å²) in [4.78, 5) is 13.7. The standard InChI is InChI=1S/C9H19N3O/c1-3-9(2,10)8(13)12-6-4-11-5-7-12/h11H,3-7,10H2,1-2H3. The van der Waals surface area contributed by atoms with Gasteiger partial charge in [0.05, 0.1) is 5.54 Å². The average Bonchev–Trinajstić information content (AvgIpc) is 2.18. The molecular weight excluding hydrogens is 166 g/mol. The van der Waals surface area contributed by atoms with Gasteiger partial charge in [-0.1, -0.05) is 6.92 Å². The Labute approximate surface area is 79.5 Å². The van der Waals surface area contributed by atoms with E-state index in [1.165, 1.54) is 0 Å². The fraction of sp³-hybridized carbons (Fsp3) is 0.889. The summed E-state index contributed by atoms with van der Waals surface area (Å²) in [6.45, 7) is 7.08. The van der Waals surface area contributed by atoms with Crippen LogP contribution < -0.4 is 11.1 Å². The molecule has 1 unspecified atom stereocenters. The van der Waals surface area contributed by atoms with Crippen LogP contribution in [0.1, 0.15) is 20.3 Å². The second-order valence-electron chi connectivity index (χ2n) is 3.81. The topological polar surface area (TPSA) is 58.4 Å². The number of rotatable bonds is 2. The van der Waals surface area contributed by atoms with E-state index in [-0.39, 0.29) is 5.91 Å². The smallest absolute Gasteiger partial charge is 0.242 e. The Bertz CT molecular complexity index is 185. The van der Waals surface area contributed by atoms with Crippen LogP contribution in [-0.2, 0) is 4.79 Å². The van der Waals surface area contributed by atoms with Gasteiger partial charge in [0.2, 0.25) is 5.91 Å². The van der Waals surface area contributed by atoms with E-state index in [9.17, 15) is 4.79 Å². The first-order valence-electron chi connectivity index (χ1n) is 4.87. The van der Waals surface area contributed by atoms with E-state index < -0.39 is 5.54 Å². The number of carbonyl (C=O) groups is 1. The molecule has 1 amide bonds. The zero-order valence-electron chi connectivity index (χ0n) is 8.47. The van der Waals surface area contributed by atoms with Crippen molar-refractivity contribution >= 4 is 5.91 Å². The van der Waals surface area contributed by atoms with Crippen molar-refractivity contribution in [2.24, 2.45) is 5.73 Å². The van der Waals surface area contributed by atoms with Gasteiger partial charge in [-0.2, -0.15) is 0 Å². The van der Waals surface area contributed by atoms with E-state index in [0.29, 0.717) is 6.42 Å². The van der Waals surface area contributed by atoms with Crippen molar-refractivity contribution in [3.05, 3.63) is 0 Å². The number of piperazine rings is 1. The predicted molar refractivity (Wildman–Crippen MR) is 52.3 cm³/mol. The van der Waals surface area contributed by atoms with Crippen LogP contribution in [0.2, 0.25) is 0 Å². The summed E-state index contributed by atoms with van der Waals surface area (Å²) < 4.78 is 0. The molecule has 4 nitrogen and oxygen atoms in total. The maximum Gasteiger partial charge on any atom is 0.242 e. The Morgan fingerprint density at radius 1 is 1.54 bits per heavy atom. The Morgan fingerprint density at radius 2 is 2.08 bits per heavy atom. The van der Waals surface area contributed by atoms with Crippen molar-refractivity contribution in [1.82, 2.24) is 10.2 Å². The highest BCUT2D eigenvalue weighted by Crippen LogP contribution is 2.10. The van der Waals surface area contributed by atoms with E-state index in [1.54, 1.807) is 6.92 Å². The molecule has 13 heavy (non-hydrogen) atoms. The van der Waals surface area contributed by atoms with Gasteiger partial charge in [0.25, 0.3) is 0 Å². The summed E-state index contributed by atoms with van der Waals surface area (Å²) in [6, 6.07) is 0. The number of nitrogens with one attached hydrogen (secondary N) is 1. The minimum atomic E-state index is -0.683. The van der Waals surface area contributed by atoms with Crippen molar-refractivity contribution < 1.29 is 4.79 Å². The molecule has 0 saturated carbocycles. The normalized spacial score (nSPS) is 22.5. The maximum atomic E-state index is 11.8. The monoisotopic (exact) mass is 185 g/mol. The average molecular weight is 185 g/mol. The molecule has 1 heterocycles. The first kappa shape index (κ1) is 10.5. The Balaban J connectivity index is 2.55. The Hall–Kier alpha value is -0.610. The van der Waals surface area contributed by atoms with Crippen LogP contribution in [-0.4, -0.2) is 42.5 Å². The number of hydrogen-bond acceptors (Lipinski definition) is 3. The van der Waals surface area contributed by atoms with Crippen molar-refractivity contribution in [2.45, 2.75) is 25.8 Å². The van der Waals surface area contributed by atoms with Gasteiger partial charge in [-0.05, 0) is 13.3 Å². The molecule has 0 radical (unpaired) electrons. The minimum Gasteiger partial charge on any atom is -0.339 e. The third-order valence-corrected chi connectivity index (χ3v) is 2.63. The molecule has 0 aromatic rings. The summed E-state index contributed by atoms with van der Waals surface area (Å²) in [6.07, 6.45) is 0.690. The van der Waals surface area contributed by atoms with E-state index in [1.807, 2.05) is 11.8 Å². The van der Waals surface area contributed by atoms with Crippen LogP contribution in [0.5, 0.6) is 0 Å². The number of nitrogens with zero attached hydrogens (tertiary/aromatic N) is 1. The van der Waals surface area contributed by atoms with Crippen LogP contribution >= 0.6 is 0 Å². The van der Waals surface area contributed by atoms with E-state index in [2.05, 4.69) is 5.32 Å². The summed E-state index contributed by atoms with van der Waals surface area (Å²) in [5.41, 5.74) is 5.20. The molecule has 4 heteroatoms. The summed E-state index contributed by atoms with van der Waals surface area (Å²) >= 11 is 0. The largest absolute Gasteiger partial charge is 0.339 e. The molecule has 0 aromatic heterocycles. The van der Waals surface area contributed by atoms with Crippen LogP contribution in [0.4, 0.5) is 0 Å². The molecular formula is C9H19N3O. The highest BCUT2D eigenvalue weighted by Gasteiger charge is 2.31. The summed E-state index contributed by atoms with van der Waals surface area (Å²) in [5.74, 6) is 0.0801. The van der Waals surface area contributed by atoms with Gasteiger partial charge < -0.3 is 16.0 Å². The molecule has 3 N–H and O–H groups in total. The summed E-state index contributed by atoms with van der Waals surface area (Å²) in [7, 11) is 0. The van der Waals surface area contributed by atoms with Gasteiger partial charge >= 0.3 is 0 Å². The highest BCUT2D eigenvalue weighted by atomic mass is 16.2. The lowest BCUT2D eigenvalue weighted by Crippen LogP contribution is -2.57. The third-order valence-electron chi connectivity index (χ3n) is 2.63. The Kier molecular flexibility index (Phi) is 3.27. The molecule has 1 aliphatic rings. The fourth-order valence-corrected chi connectivity index (χ4v) is 1.38. The van der Waals surface area contributed by atoms with Gasteiger partial charge in [0, 0.05) is 26.2 Å². The van der Waals surface area contributed by atoms with Crippen LogP contribution in [0.3, 0.4) is 0 Å². The number of amides is 1. The molecule has 0 aromatic carbocycles. The number of nitrogens with two attached hydrogens (primary N) is 1. The lowest BCUT2D eigenvalue weighted by atomic mass is 9.98. The lowest BCUT2D eigenvalue weighted by Gasteiger charge is -2.33. The van der Waals surface area contributed by atoms with Crippen molar-refractivity contribution in [3.8, 4) is 0 Å². The van der Waals surface area contributed by atoms with Gasteiger partial charge in [0.1, 0.15) is 0 Å². The first-order valence-corrected chi connectivity index (χ1v) is 4.87. The molecule has 1 fully saturated rings. The zero-order valence-corrected chi connectivity index (χ0v) is 8.47. The van der Waals surface area contributed by atoms with Gasteiger partial charge in [-0.25, -0.2) is 0 Å². The maximum absolute atomic E-state index is 11.8. The molecule has 1 aliphatic heterocycles. The van der Waals surface area contributed by atoms with Crippen LogP contribution in [0.25, 0.3) is 0 Å². The van der Waals surface area contributed by atoms with E-state index in [0.717, 1.165) is 26.2 Å². The third kappa shape index (κ3) is 2.42. The van der Waals surface area contributed by atoms with Gasteiger partial charge in [-0.3, -0.25) is 4.79 Å². The second-order valence-corrected chi connectivity index (χ2v) is 3.81. The molecule has 0 aliphatic carbocycles. The first-order chi connectivity index (χ1) is 6.08. The van der Waals surface area contributed by atoms with Crippen molar-refractivity contribution in [3.63, 3.8) is 0 Å². The zero-order chi connectivity index (χ0) is 9.90. The molecule has 0 bridgehead atoms. The van der Waals surface area contributed by atoms with Crippen molar-refractivity contribution in [2.75, 3.05) is 26.2 Å². The van der Waals surface area contributed by atoms with Crippen molar-refractivity contribution in [1.29, 1.82) is 0 Å². The molecule has 1 saturated heterocycles. The van der Waals surface area contributed by atoms with Gasteiger partial charge in [0.15, 0.2) is 0 Å². The van der Waals surface area contributed by atoms with Crippen LogP contribution in [0.15, 0.2) is 0 Å². The van der Waals surface area contributed by atoms with E-state index >= 15 is 0 Å². The number of hydrogen-bond donors (Lipinski definition) is 2.